The van der Waals surface area contributed by atoms with Gasteiger partial charge in [0.15, 0.2) is 0 Å². The van der Waals surface area contributed by atoms with Gasteiger partial charge >= 0.3 is 12.1 Å². The zero-order valence-electron chi connectivity index (χ0n) is 14.5. The van der Waals surface area contributed by atoms with E-state index in [1.54, 1.807) is 0 Å². The molecule has 10 heteroatoms. The number of hydrogen-bond donors (Lipinski definition) is 4. The lowest BCUT2D eigenvalue weighted by Crippen LogP contribution is -2.47. The molecule has 27 heavy (non-hydrogen) atoms. The summed E-state index contributed by atoms with van der Waals surface area (Å²) in [6.07, 6.45) is -2.15. The summed E-state index contributed by atoms with van der Waals surface area (Å²) in [5.41, 5.74) is 6.35. The zero-order chi connectivity index (χ0) is 20.4. The Morgan fingerprint density at radius 1 is 1.26 bits per heavy atom. The summed E-state index contributed by atoms with van der Waals surface area (Å²) in [5.74, 6) is -3.38. The lowest BCUT2D eigenvalue weighted by Gasteiger charge is -2.17. The number of carboxylic acids is 1. The van der Waals surface area contributed by atoms with Crippen LogP contribution in [0.5, 0.6) is 0 Å². The Morgan fingerprint density at radius 3 is 2.30 bits per heavy atom. The molecule has 7 nitrogen and oxygen atoms in total. The molecule has 0 bridgehead atoms. The molecular weight excluding hydrogens is 367 g/mol. The molecule has 0 saturated carbocycles. The molecule has 1 aromatic rings. The van der Waals surface area contributed by atoms with Crippen LogP contribution >= 0.6 is 0 Å². The first-order valence-corrected chi connectivity index (χ1v) is 8.25. The molecule has 0 aromatic heterocycles. The van der Waals surface area contributed by atoms with Crippen LogP contribution in [0.1, 0.15) is 24.8 Å². The van der Waals surface area contributed by atoms with E-state index in [1.807, 2.05) is 30.3 Å². The Balaban J connectivity index is 0.000000445. The van der Waals surface area contributed by atoms with Crippen molar-refractivity contribution in [3.05, 3.63) is 35.9 Å². The zero-order valence-corrected chi connectivity index (χ0v) is 14.5. The third-order valence-corrected chi connectivity index (χ3v) is 3.80. The number of alkyl halides is 3. The van der Waals surface area contributed by atoms with Gasteiger partial charge in [-0.05, 0) is 24.9 Å². The smallest absolute Gasteiger partial charge is 0.475 e. The van der Waals surface area contributed by atoms with Crippen LogP contribution in [0.3, 0.4) is 0 Å². The number of carbonyl (C=O) groups excluding carboxylic acids is 2. The number of nitrogens with two attached hydrogens (primary N) is 1. The van der Waals surface area contributed by atoms with Gasteiger partial charge in [0.25, 0.3) is 0 Å². The van der Waals surface area contributed by atoms with Crippen molar-refractivity contribution in [1.82, 2.24) is 10.6 Å². The predicted octanol–water partition coefficient (Wildman–Crippen LogP) is 0.975. The standard InChI is InChI=1S/C15H21N3O2.C2HF3O2/c16-15(20)13(9-11-5-2-1-3-6-11)18-14(19)10-12-7-4-8-17-12;3-2(4,5)1(6)7/h1-3,5-6,12-13,17H,4,7-10H2,(H2,16,20)(H,18,19);(H,6,7)/t12-,13-;/m0./s1. The van der Waals surface area contributed by atoms with Crippen molar-refractivity contribution in [2.24, 2.45) is 5.73 Å². The van der Waals surface area contributed by atoms with E-state index in [-0.39, 0.29) is 11.9 Å². The third-order valence-electron chi connectivity index (χ3n) is 3.80. The molecule has 1 fully saturated rings. The lowest BCUT2D eigenvalue weighted by molar-refractivity contribution is -0.192. The maximum absolute atomic E-state index is 11.9. The molecule has 2 amide bonds. The average molecular weight is 389 g/mol. The Bertz CT molecular complexity index is 632. The van der Waals surface area contributed by atoms with Gasteiger partial charge in [-0.3, -0.25) is 9.59 Å². The third kappa shape index (κ3) is 9.04. The Hall–Kier alpha value is -2.62. The molecule has 1 aliphatic heterocycles. The highest BCUT2D eigenvalue weighted by Crippen LogP contribution is 2.13. The van der Waals surface area contributed by atoms with E-state index in [1.165, 1.54) is 0 Å². The first-order chi connectivity index (χ1) is 12.6. The number of halogens is 3. The van der Waals surface area contributed by atoms with Gasteiger partial charge in [0.2, 0.25) is 11.8 Å². The van der Waals surface area contributed by atoms with Gasteiger partial charge in [-0.2, -0.15) is 13.2 Å². The van der Waals surface area contributed by atoms with E-state index in [9.17, 15) is 22.8 Å². The number of aliphatic carboxylic acids is 1. The molecular formula is C17H22F3N3O4. The van der Waals surface area contributed by atoms with Crippen molar-refractivity contribution in [3.63, 3.8) is 0 Å². The highest BCUT2D eigenvalue weighted by molar-refractivity contribution is 5.87. The quantitative estimate of drug-likeness (QED) is 0.578. The summed E-state index contributed by atoms with van der Waals surface area (Å²) >= 11 is 0. The average Bonchev–Trinajstić information content (AvgIpc) is 3.07. The number of carbonyl (C=O) groups is 3. The van der Waals surface area contributed by atoms with Crippen LogP contribution in [-0.2, 0) is 20.8 Å². The highest BCUT2D eigenvalue weighted by atomic mass is 19.4. The van der Waals surface area contributed by atoms with Gasteiger partial charge < -0.3 is 21.5 Å². The van der Waals surface area contributed by atoms with Crippen LogP contribution in [-0.4, -0.2) is 47.7 Å². The second kappa shape index (κ2) is 10.5. The molecule has 1 aromatic carbocycles. The number of benzene rings is 1. The van der Waals surface area contributed by atoms with Crippen LogP contribution in [0.15, 0.2) is 30.3 Å². The van der Waals surface area contributed by atoms with Gasteiger partial charge in [0, 0.05) is 18.9 Å². The van der Waals surface area contributed by atoms with Crippen LogP contribution < -0.4 is 16.4 Å². The van der Waals surface area contributed by atoms with E-state index in [0.717, 1.165) is 24.9 Å². The fraction of sp³-hybridized carbons (Fsp3) is 0.471. The van der Waals surface area contributed by atoms with E-state index < -0.39 is 24.1 Å². The summed E-state index contributed by atoms with van der Waals surface area (Å²) in [7, 11) is 0. The maximum Gasteiger partial charge on any atom is 0.490 e. The molecule has 0 unspecified atom stereocenters. The van der Waals surface area contributed by atoms with Gasteiger partial charge in [-0.1, -0.05) is 30.3 Å². The summed E-state index contributed by atoms with van der Waals surface area (Å²) in [5, 5.41) is 13.1. The predicted molar refractivity (Wildman–Crippen MR) is 90.6 cm³/mol. The van der Waals surface area contributed by atoms with E-state index in [4.69, 9.17) is 15.6 Å². The molecule has 0 radical (unpaired) electrons. The van der Waals surface area contributed by atoms with Crippen molar-refractivity contribution < 1.29 is 32.7 Å². The monoisotopic (exact) mass is 389 g/mol. The van der Waals surface area contributed by atoms with Crippen molar-refractivity contribution in [2.45, 2.75) is 43.9 Å². The highest BCUT2D eigenvalue weighted by Gasteiger charge is 2.38. The van der Waals surface area contributed by atoms with Crippen LogP contribution in [0, 0.1) is 0 Å². The van der Waals surface area contributed by atoms with Gasteiger partial charge in [0.05, 0.1) is 0 Å². The molecule has 150 valence electrons. The van der Waals surface area contributed by atoms with Crippen molar-refractivity contribution >= 4 is 17.8 Å². The molecule has 5 N–H and O–H groups in total. The topological polar surface area (TPSA) is 122 Å². The minimum atomic E-state index is -5.08. The number of rotatable bonds is 6. The fourth-order valence-electron chi connectivity index (χ4n) is 2.48. The largest absolute Gasteiger partial charge is 0.490 e. The Labute approximate surface area is 154 Å². The second-order valence-electron chi connectivity index (χ2n) is 6.01. The minimum Gasteiger partial charge on any atom is -0.475 e. The van der Waals surface area contributed by atoms with E-state index in [2.05, 4.69) is 10.6 Å². The van der Waals surface area contributed by atoms with Crippen LogP contribution in [0.25, 0.3) is 0 Å². The normalized spacial score (nSPS) is 17.4. The Kier molecular flexibility index (Phi) is 8.73. The van der Waals surface area contributed by atoms with Crippen molar-refractivity contribution in [2.75, 3.05) is 6.54 Å². The van der Waals surface area contributed by atoms with E-state index in [0.29, 0.717) is 12.8 Å². The molecule has 0 spiro atoms. The minimum absolute atomic E-state index is 0.121. The molecule has 1 aliphatic rings. The van der Waals surface area contributed by atoms with E-state index >= 15 is 0 Å². The van der Waals surface area contributed by atoms with Gasteiger partial charge in [0.1, 0.15) is 6.04 Å². The summed E-state index contributed by atoms with van der Waals surface area (Å²) in [4.78, 5) is 32.3. The SMILES string of the molecule is NC(=O)[C@H](Cc1ccccc1)NC(=O)C[C@@H]1CCCN1.O=C(O)C(F)(F)F. The summed E-state index contributed by atoms with van der Waals surface area (Å²) < 4.78 is 31.7. The molecule has 1 heterocycles. The number of primary amides is 1. The molecule has 2 atom stereocenters. The summed E-state index contributed by atoms with van der Waals surface area (Å²) in [6.45, 7) is 0.960. The summed E-state index contributed by atoms with van der Waals surface area (Å²) in [6, 6.07) is 9.12. The number of nitrogens with one attached hydrogen (secondary N) is 2. The van der Waals surface area contributed by atoms with Crippen LogP contribution in [0.2, 0.25) is 0 Å². The fourth-order valence-corrected chi connectivity index (χ4v) is 2.48. The first kappa shape index (κ1) is 22.4. The molecule has 0 aliphatic carbocycles. The first-order valence-electron chi connectivity index (χ1n) is 8.25. The Morgan fingerprint density at radius 2 is 1.85 bits per heavy atom. The van der Waals surface area contributed by atoms with Crippen molar-refractivity contribution in [3.8, 4) is 0 Å². The van der Waals surface area contributed by atoms with Crippen LogP contribution in [0.4, 0.5) is 13.2 Å². The molecule has 2 rings (SSSR count). The van der Waals surface area contributed by atoms with Gasteiger partial charge in [-0.15, -0.1) is 0 Å². The van der Waals surface area contributed by atoms with Crippen molar-refractivity contribution in [1.29, 1.82) is 0 Å². The number of hydrogen-bond acceptors (Lipinski definition) is 4. The second-order valence-corrected chi connectivity index (χ2v) is 6.01. The maximum atomic E-state index is 11.9. The molecule has 1 saturated heterocycles. The number of carboxylic acid groups (broad SMARTS) is 1. The number of amides is 2. The lowest BCUT2D eigenvalue weighted by atomic mass is 10.0. The van der Waals surface area contributed by atoms with Gasteiger partial charge in [-0.25, -0.2) is 4.79 Å².